The first-order valence-corrected chi connectivity index (χ1v) is 9.81. The number of aryl methyl sites for hydroxylation is 3. The van der Waals surface area contributed by atoms with Crippen molar-refractivity contribution in [3.8, 4) is 16.9 Å². The minimum Gasteiger partial charge on any atom is -0.494 e. The van der Waals surface area contributed by atoms with Crippen molar-refractivity contribution in [2.75, 3.05) is 18.6 Å². The van der Waals surface area contributed by atoms with Crippen LogP contribution in [0.15, 0.2) is 36.4 Å². The van der Waals surface area contributed by atoms with Crippen LogP contribution in [0.25, 0.3) is 11.1 Å². The Morgan fingerprint density at radius 3 is 2.22 bits per heavy atom. The van der Waals surface area contributed by atoms with Gasteiger partial charge in [-0.05, 0) is 61.6 Å². The van der Waals surface area contributed by atoms with Crippen LogP contribution in [0.1, 0.15) is 23.1 Å². The fourth-order valence-corrected chi connectivity index (χ4v) is 3.42. The van der Waals surface area contributed by atoms with E-state index >= 15 is 0 Å². The molecule has 0 amide bonds. The molecule has 2 rings (SSSR count). The van der Waals surface area contributed by atoms with E-state index in [2.05, 4.69) is 45.0 Å². The van der Waals surface area contributed by atoms with E-state index in [1.165, 1.54) is 22.9 Å². The van der Waals surface area contributed by atoms with E-state index in [9.17, 15) is 8.42 Å². The summed E-state index contributed by atoms with van der Waals surface area (Å²) in [6.07, 6.45) is 1.76. The van der Waals surface area contributed by atoms with Gasteiger partial charge in [0.15, 0.2) is 0 Å². The second kappa shape index (κ2) is 7.18. The van der Waals surface area contributed by atoms with Crippen LogP contribution in [-0.2, 0) is 9.84 Å². The van der Waals surface area contributed by atoms with Crippen LogP contribution in [0.2, 0.25) is 0 Å². The molecular formula is C19H24O3S. The van der Waals surface area contributed by atoms with E-state index in [1.54, 1.807) is 0 Å². The first kappa shape index (κ1) is 17.5. The molecule has 0 saturated heterocycles. The third-order valence-corrected chi connectivity index (χ3v) is 4.77. The molecule has 0 aliphatic carbocycles. The second-order valence-electron chi connectivity index (χ2n) is 6.13. The molecule has 23 heavy (non-hydrogen) atoms. The smallest absolute Gasteiger partial charge is 0.147 e. The summed E-state index contributed by atoms with van der Waals surface area (Å²) < 4.78 is 28.0. The molecular weight excluding hydrogens is 308 g/mol. The van der Waals surface area contributed by atoms with Crippen LogP contribution in [0.4, 0.5) is 0 Å². The minimum absolute atomic E-state index is 0.159. The van der Waals surface area contributed by atoms with Crippen LogP contribution in [-0.4, -0.2) is 27.0 Å². The maximum atomic E-state index is 11.1. The van der Waals surface area contributed by atoms with Gasteiger partial charge in [-0.15, -0.1) is 0 Å². The van der Waals surface area contributed by atoms with E-state index in [0.29, 0.717) is 13.0 Å². The highest BCUT2D eigenvalue weighted by atomic mass is 32.2. The fraction of sp³-hybridized carbons (Fsp3) is 0.368. The molecule has 0 fully saturated rings. The van der Waals surface area contributed by atoms with Crippen molar-refractivity contribution < 1.29 is 13.2 Å². The Kier molecular flexibility index (Phi) is 5.47. The summed E-state index contributed by atoms with van der Waals surface area (Å²) in [6.45, 7) is 6.66. The van der Waals surface area contributed by atoms with Crippen molar-refractivity contribution in [3.63, 3.8) is 0 Å². The van der Waals surface area contributed by atoms with Gasteiger partial charge in [0.1, 0.15) is 15.6 Å². The predicted molar refractivity (Wildman–Crippen MR) is 95.9 cm³/mol. The van der Waals surface area contributed by atoms with Gasteiger partial charge in [-0.1, -0.05) is 29.8 Å². The predicted octanol–water partition coefficient (Wildman–Crippen LogP) is 4.09. The van der Waals surface area contributed by atoms with Crippen LogP contribution in [0.3, 0.4) is 0 Å². The third-order valence-electron chi connectivity index (χ3n) is 3.74. The van der Waals surface area contributed by atoms with E-state index in [0.717, 1.165) is 16.9 Å². The van der Waals surface area contributed by atoms with Gasteiger partial charge in [0, 0.05) is 6.26 Å². The SMILES string of the molecule is Cc1cccc(-c2c(C)cc(OCCCS(C)(=O)=O)cc2C)c1. The summed E-state index contributed by atoms with van der Waals surface area (Å²) in [5.74, 6) is 0.955. The lowest BCUT2D eigenvalue weighted by molar-refractivity contribution is 0.317. The molecule has 2 aromatic carbocycles. The fourth-order valence-electron chi connectivity index (χ4n) is 2.77. The summed E-state index contributed by atoms with van der Waals surface area (Å²) in [4.78, 5) is 0. The Balaban J connectivity index is 2.14. The zero-order chi connectivity index (χ0) is 17.0. The maximum absolute atomic E-state index is 11.1. The maximum Gasteiger partial charge on any atom is 0.147 e. The molecule has 2 aromatic rings. The van der Waals surface area contributed by atoms with Gasteiger partial charge >= 0.3 is 0 Å². The number of rotatable bonds is 6. The molecule has 0 atom stereocenters. The highest BCUT2D eigenvalue weighted by molar-refractivity contribution is 7.90. The highest BCUT2D eigenvalue weighted by Gasteiger charge is 2.09. The van der Waals surface area contributed by atoms with Gasteiger partial charge in [-0.25, -0.2) is 8.42 Å². The Morgan fingerprint density at radius 1 is 1.00 bits per heavy atom. The Hall–Kier alpha value is -1.81. The van der Waals surface area contributed by atoms with Crippen LogP contribution in [0, 0.1) is 20.8 Å². The van der Waals surface area contributed by atoms with Crippen molar-refractivity contribution in [2.24, 2.45) is 0 Å². The molecule has 0 unspecified atom stereocenters. The average molecular weight is 332 g/mol. The monoisotopic (exact) mass is 332 g/mol. The first-order valence-electron chi connectivity index (χ1n) is 7.75. The van der Waals surface area contributed by atoms with E-state index < -0.39 is 9.84 Å². The van der Waals surface area contributed by atoms with Gasteiger partial charge in [0.25, 0.3) is 0 Å². The highest BCUT2D eigenvalue weighted by Crippen LogP contribution is 2.31. The normalized spacial score (nSPS) is 11.5. The zero-order valence-electron chi connectivity index (χ0n) is 14.2. The number of sulfone groups is 1. The molecule has 124 valence electrons. The molecule has 0 bridgehead atoms. The summed E-state index contributed by atoms with van der Waals surface area (Å²) in [7, 11) is -2.92. The molecule has 0 saturated carbocycles. The quantitative estimate of drug-likeness (QED) is 0.748. The molecule has 0 aromatic heterocycles. The van der Waals surface area contributed by atoms with Crippen molar-refractivity contribution in [1.82, 2.24) is 0 Å². The van der Waals surface area contributed by atoms with E-state index in [-0.39, 0.29) is 5.75 Å². The van der Waals surface area contributed by atoms with Gasteiger partial charge in [0.2, 0.25) is 0 Å². The zero-order valence-corrected chi connectivity index (χ0v) is 15.0. The van der Waals surface area contributed by atoms with Crippen molar-refractivity contribution in [1.29, 1.82) is 0 Å². The minimum atomic E-state index is -2.92. The molecule has 0 N–H and O–H groups in total. The van der Waals surface area contributed by atoms with Gasteiger partial charge in [-0.2, -0.15) is 0 Å². The summed E-state index contributed by atoms with van der Waals surface area (Å²) in [6, 6.07) is 12.5. The number of ether oxygens (including phenoxy) is 1. The van der Waals surface area contributed by atoms with Gasteiger partial charge in [0.05, 0.1) is 12.4 Å². The van der Waals surface area contributed by atoms with Crippen molar-refractivity contribution in [2.45, 2.75) is 27.2 Å². The molecule has 0 aliphatic heterocycles. The van der Waals surface area contributed by atoms with Crippen molar-refractivity contribution >= 4 is 9.84 Å². The van der Waals surface area contributed by atoms with Gasteiger partial charge < -0.3 is 4.74 Å². The lowest BCUT2D eigenvalue weighted by atomic mass is 9.94. The Morgan fingerprint density at radius 2 is 1.65 bits per heavy atom. The van der Waals surface area contributed by atoms with E-state index in [4.69, 9.17) is 4.74 Å². The molecule has 0 aliphatic rings. The molecule has 4 heteroatoms. The van der Waals surface area contributed by atoms with Crippen LogP contribution < -0.4 is 4.74 Å². The molecule has 0 radical (unpaired) electrons. The summed E-state index contributed by atoms with van der Waals surface area (Å²) in [5, 5.41) is 0. The lowest BCUT2D eigenvalue weighted by Crippen LogP contribution is -2.08. The summed E-state index contributed by atoms with van der Waals surface area (Å²) in [5.41, 5.74) is 6.01. The standard InChI is InChI=1S/C19H24O3S/c1-14-7-5-8-17(11-14)19-15(2)12-18(13-16(19)3)22-9-6-10-23(4,20)21/h5,7-8,11-13H,6,9-10H2,1-4H3. The first-order chi connectivity index (χ1) is 10.8. The van der Waals surface area contributed by atoms with Gasteiger partial charge in [-0.3, -0.25) is 0 Å². The Bertz CT molecular complexity index is 769. The molecule has 3 nitrogen and oxygen atoms in total. The number of benzene rings is 2. The third kappa shape index (κ3) is 5.10. The summed E-state index contributed by atoms with van der Waals surface area (Å²) >= 11 is 0. The van der Waals surface area contributed by atoms with Crippen LogP contribution in [0.5, 0.6) is 5.75 Å². The average Bonchev–Trinajstić information content (AvgIpc) is 2.42. The Labute approximate surface area is 139 Å². The van der Waals surface area contributed by atoms with Crippen molar-refractivity contribution in [3.05, 3.63) is 53.1 Å². The van der Waals surface area contributed by atoms with E-state index in [1.807, 2.05) is 12.1 Å². The van der Waals surface area contributed by atoms with Crippen LogP contribution >= 0.6 is 0 Å². The molecule has 0 heterocycles. The number of hydrogen-bond donors (Lipinski definition) is 0. The topological polar surface area (TPSA) is 43.4 Å². The lowest BCUT2D eigenvalue weighted by Gasteiger charge is -2.14. The number of hydrogen-bond acceptors (Lipinski definition) is 3. The second-order valence-corrected chi connectivity index (χ2v) is 8.39. The largest absolute Gasteiger partial charge is 0.494 e. The molecule has 0 spiro atoms.